The van der Waals surface area contributed by atoms with E-state index in [2.05, 4.69) is 23.5 Å². The summed E-state index contributed by atoms with van der Waals surface area (Å²) in [6.45, 7) is 10.4. The molecule has 0 bridgehead atoms. The molecule has 1 amide bonds. The normalized spacial score (nSPS) is 15.7. The van der Waals surface area contributed by atoms with Gasteiger partial charge in [-0.25, -0.2) is 4.99 Å². The van der Waals surface area contributed by atoms with E-state index >= 15 is 0 Å². The molecule has 0 unspecified atom stereocenters. The van der Waals surface area contributed by atoms with E-state index < -0.39 is 0 Å². The topological polar surface area (TPSA) is 57.6 Å². The third-order valence-corrected chi connectivity index (χ3v) is 7.05. The van der Waals surface area contributed by atoms with Gasteiger partial charge < -0.3 is 5.32 Å². The van der Waals surface area contributed by atoms with Crippen molar-refractivity contribution in [1.29, 1.82) is 0 Å². The van der Waals surface area contributed by atoms with Crippen LogP contribution in [0.3, 0.4) is 0 Å². The van der Waals surface area contributed by atoms with Crippen molar-refractivity contribution in [3.63, 3.8) is 0 Å². The van der Waals surface area contributed by atoms with Crippen molar-refractivity contribution in [2.75, 3.05) is 16.8 Å². The molecule has 162 valence electrons. The number of nitrogens with one attached hydrogen (secondary N) is 1. The van der Waals surface area contributed by atoms with Gasteiger partial charge in [0.25, 0.3) is 0 Å². The fourth-order valence-corrected chi connectivity index (χ4v) is 5.39. The first-order valence-corrected chi connectivity index (χ1v) is 12.2. The number of aromatic nitrogens is 1. The highest BCUT2D eigenvalue weighted by Crippen LogP contribution is 2.43. The van der Waals surface area contributed by atoms with Crippen LogP contribution in [-0.2, 0) is 4.79 Å². The number of hydrogen-bond donors (Lipinski definition) is 1. The van der Waals surface area contributed by atoms with Crippen LogP contribution in [0.2, 0.25) is 0 Å². The van der Waals surface area contributed by atoms with Crippen LogP contribution in [0.5, 0.6) is 0 Å². The average Bonchev–Trinajstić information content (AvgIpc) is 3.28. The lowest BCUT2D eigenvalue weighted by Crippen LogP contribution is -2.30. The fraction of sp³-hybridized carbons (Fsp3) is 0.160. The molecule has 5 nitrogen and oxygen atoms in total. The molecular weight excluding hydrogens is 436 g/mol. The standard InChI is InChI=1S/C25H24N4OS2/c1-4-6-17(2)29-18(3)24-22(12-14-31-24)28-25(29)32-16-23(30)27-21-10-8-19(9-11-21)20-7-5-13-26-15-20/h4-11,13,15H,2-3,12,14,16H2,1H3,(H,27,30)/b6-4-. The summed E-state index contributed by atoms with van der Waals surface area (Å²) in [5.74, 6) is 1.16. The van der Waals surface area contributed by atoms with Gasteiger partial charge in [-0.15, -0.1) is 11.8 Å². The number of anilines is 1. The number of aliphatic imine (C=N–C) groups is 1. The molecule has 0 saturated heterocycles. The second-order valence-corrected chi connectivity index (χ2v) is 9.25. The van der Waals surface area contributed by atoms with Crippen LogP contribution >= 0.6 is 23.5 Å². The third-order valence-electron chi connectivity index (χ3n) is 4.94. The molecule has 2 aromatic rings. The van der Waals surface area contributed by atoms with Gasteiger partial charge in [-0.2, -0.15) is 0 Å². The molecule has 7 heteroatoms. The Morgan fingerprint density at radius 3 is 2.81 bits per heavy atom. The molecule has 32 heavy (non-hydrogen) atoms. The molecule has 0 spiro atoms. The zero-order valence-corrected chi connectivity index (χ0v) is 19.5. The van der Waals surface area contributed by atoms with Gasteiger partial charge in [0.2, 0.25) is 5.91 Å². The smallest absolute Gasteiger partial charge is 0.234 e. The van der Waals surface area contributed by atoms with E-state index in [1.165, 1.54) is 11.8 Å². The van der Waals surface area contributed by atoms with Crippen molar-refractivity contribution >= 4 is 40.3 Å². The average molecular weight is 461 g/mol. The van der Waals surface area contributed by atoms with Gasteiger partial charge in [0.1, 0.15) is 0 Å². The number of nitrogens with zero attached hydrogens (tertiary/aromatic N) is 3. The van der Waals surface area contributed by atoms with E-state index in [9.17, 15) is 4.79 Å². The first-order chi connectivity index (χ1) is 15.6. The highest BCUT2D eigenvalue weighted by atomic mass is 32.2. The Kier molecular flexibility index (Phi) is 6.97. The Morgan fingerprint density at radius 1 is 1.28 bits per heavy atom. The minimum absolute atomic E-state index is 0.0883. The number of pyridine rings is 1. The Hall–Kier alpha value is -3.03. The van der Waals surface area contributed by atoms with Crippen molar-refractivity contribution in [3.8, 4) is 11.1 Å². The van der Waals surface area contributed by atoms with Crippen molar-refractivity contribution < 1.29 is 4.79 Å². The van der Waals surface area contributed by atoms with Gasteiger partial charge in [-0.05, 0) is 42.3 Å². The quantitative estimate of drug-likeness (QED) is 0.532. The molecule has 0 saturated carbocycles. The number of amides is 1. The summed E-state index contributed by atoms with van der Waals surface area (Å²) in [5, 5.41) is 3.70. The van der Waals surface area contributed by atoms with Gasteiger partial charge in [0.15, 0.2) is 5.17 Å². The monoisotopic (exact) mass is 460 g/mol. The van der Waals surface area contributed by atoms with Crippen LogP contribution in [-0.4, -0.2) is 32.5 Å². The molecule has 1 aromatic carbocycles. The maximum Gasteiger partial charge on any atom is 0.234 e. The summed E-state index contributed by atoms with van der Waals surface area (Å²) in [7, 11) is 0. The number of hydrogen-bond acceptors (Lipinski definition) is 6. The number of thioether (sulfide) groups is 2. The minimum Gasteiger partial charge on any atom is -0.325 e. The lowest BCUT2D eigenvalue weighted by Gasteiger charge is -2.31. The summed E-state index contributed by atoms with van der Waals surface area (Å²) < 4.78 is 0. The number of allylic oxidation sites excluding steroid dienone is 3. The van der Waals surface area contributed by atoms with Gasteiger partial charge in [-0.1, -0.05) is 49.2 Å². The Morgan fingerprint density at radius 2 is 2.09 bits per heavy atom. The number of amidine groups is 1. The van der Waals surface area contributed by atoms with Gasteiger partial charge in [0, 0.05) is 36.0 Å². The minimum atomic E-state index is -0.0883. The van der Waals surface area contributed by atoms with Crippen LogP contribution in [0, 0.1) is 0 Å². The zero-order chi connectivity index (χ0) is 22.5. The predicted octanol–water partition coefficient (Wildman–Crippen LogP) is 6.04. The van der Waals surface area contributed by atoms with E-state index in [-0.39, 0.29) is 11.7 Å². The second-order valence-electron chi connectivity index (χ2n) is 7.20. The predicted molar refractivity (Wildman–Crippen MR) is 137 cm³/mol. The van der Waals surface area contributed by atoms with E-state index in [1.54, 1.807) is 18.0 Å². The van der Waals surface area contributed by atoms with Crippen LogP contribution < -0.4 is 5.32 Å². The SMILES string of the molecule is C=C(/C=C\C)N1C(=C)C2=C(CCS2)N=C1SCC(=O)Nc1ccc(-c2cccnc2)cc1. The largest absolute Gasteiger partial charge is 0.325 e. The highest BCUT2D eigenvalue weighted by molar-refractivity contribution is 8.14. The molecule has 3 heterocycles. The molecule has 2 aliphatic heterocycles. The molecule has 0 fully saturated rings. The first-order valence-electron chi connectivity index (χ1n) is 10.3. The molecule has 0 atom stereocenters. The Balaban J connectivity index is 1.42. The molecule has 0 radical (unpaired) electrons. The molecule has 0 aliphatic carbocycles. The molecular formula is C25H24N4OS2. The van der Waals surface area contributed by atoms with Gasteiger partial charge in [-0.3, -0.25) is 14.7 Å². The lowest BCUT2D eigenvalue weighted by atomic mass is 10.1. The summed E-state index contributed by atoms with van der Waals surface area (Å²) in [4.78, 5) is 24.7. The van der Waals surface area contributed by atoms with Crippen molar-refractivity contribution in [2.45, 2.75) is 13.3 Å². The third kappa shape index (κ3) is 4.89. The molecule has 1 aromatic heterocycles. The van der Waals surface area contributed by atoms with Crippen molar-refractivity contribution in [1.82, 2.24) is 9.88 Å². The Labute approximate surface area is 197 Å². The number of benzene rings is 1. The molecule has 2 aliphatic rings. The highest BCUT2D eigenvalue weighted by Gasteiger charge is 2.30. The van der Waals surface area contributed by atoms with E-state index in [0.717, 1.165) is 56.2 Å². The van der Waals surface area contributed by atoms with E-state index in [4.69, 9.17) is 4.99 Å². The summed E-state index contributed by atoms with van der Waals surface area (Å²) in [6.07, 6.45) is 8.35. The van der Waals surface area contributed by atoms with Crippen LogP contribution in [0.1, 0.15) is 13.3 Å². The van der Waals surface area contributed by atoms with Crippen molar-refractivity contribution in [3.05, 3.63) is 96.1 Å². The number of carbonyl (C=O) groups is 1. The summed E-state index contributed by atoms with van der Waals surface area (Å²) in [5.41, 5.74) is 5.57. The zero-order valence-electron chi connectivity index (χ0n) is 17.9. The maximum atomic E-state index is 12.6. The summed E-state index contributed by atoms with van der Waals surface area (Å²) in [6, 6.07) is 11.7. The molecule has 4 rings (SSSR count). The Bertz CT molecular complexity index is 1130. The van der Waals surface area contributed by atoms with Crippen LogP contribution in [0.25, 0.3) is 11.1 Å². The lowest BCUT2D eigenvalue weighted by molar-refractivity contribution is -0.113. The van der Waals surface area contributed by atoms with Gasteiger partial charge in [0.05, 0.1) is 22.1 Å². The van der Waals surface area contributed by atoms with Crippen LogP contribution in [0.4, 0.5) is 5.69 Å². The fourth-order valence-electron chi connectivity index (χ4n) is 3.45. The van der Waals surface area contributed by atoms with Crippen molar-refractivity contribution in [2.24, 2.45) is 4.99 Å². The first kappa shape index (κ1) is 22.2. The van der Waals surface area contributed by atoms with Gasteiger partial charge >= 0.3 is 0 Å². The van der Waals surface area contributed by atoms with E-state index in [1.807, 2.05) is 66.6 Å². The number of carbonyl (C=O) groups excluding carboxylic acids is 1. The van der Waals surface area contributed by atoms with E-state index in [0.29, 0.717) is 0 Å². The maximum absolute atomic E-state index is 12.6. The second kappa shape index (κ2) is 10.1. The number of rotatable bonds is 6. The summed E-state index contributed by atoms with van der Waals surface area (Å²) >= 11 is 3.17. The molecule has 1 N–H and O–H groups in total. The van der Waals surface area contributed by atoms with Crippen LogP contribution in [0.15, 0.2) is 101 Å².